The highest BCUT2D eigenvalue weighted by atomic mass is 16.5. The highest BCUT2D eigenvalue weighted by Gasteiger charge is 2.07. The number of amides is 1. The molecule has 0 aliphatic heterocycles. The van der Waals surface area contributed by atoms with Gasteiger partial charge in [0.1, 0.15) is 6.61 Å². The second-order valence-corrected chi connectivity index (χ2v) is 4.91. The Morgan fingerprint density at radius 3 is 2.52 bits per heavy atom. The van der Waals surface area contributed by atoms with Crippen molar-refractivity contribution in [2.75, 3.05) is 5.32 Å². The number of nitrogens with one attached hydrogen (secondary N) is 1. The third kappa shape index (κ3) is 3.94. The molecule has 23 heavy (non-hydrogen) atoms. The van der Waals surface area contributed by atoms with E-state index in [1.54, 1.807) is 31.2 Å². The van der Waals surface area contributed by atoms with Crippen LogP contribution in [0, 0.1) is 6.92 Å². The molecule has 0 unspecified atom stereocenters. The normalized spacial score (nSPS) is 10.3. The van der Waals surface area contributed by atoms with Crippen molar-refractivity contribution in [3.63, 3.8) is 0 Å². The van der Waals surface area contributed by atoms with Crippen LogP contribution in [0.4, 0.5) is 10.5 Å². The van der Waals surface area contributed by atoms with E-state index in [-0.39, 0.29) is 6.61 Å². The van der Waals surface area contributed by atoms with Crippen LogP contribution in [0.2, 0.25) is 0 Å². The van der Waals surface area contributed by atoms with E-state index in [1.165, 1.54) is 0 Å². The third-order valence-corrected chi connectivity index (χ3v) is 3.12. The highest BCUT2D eigenvalue weighted by molar-refractivity contribution is 5.84. The van der Waals surface area contributed by atoms with Crippen LogP contribution in [-0.4, -0.2) is 16.2 Å². The van der Waals surface area contributed by atoms with Gasteiger partial charge < -0.3 is 9.26 Å². The molecule has 1 N–H and O–H groups in total. The molecule has 0 saturated heterocycles. The van der Waals surface area contributed by atoms with Crippen molar-refractivity contribution in [2.45, 2.75) is 13.5 Å². The molecule has 0 saturated carbocycles. The Bertz CT molecular complexity index is 782. The van der Waals surface area contributed by atoms with Gasteiger partial charge in [0, 0.05) is 11.3 Å². The number of benzene rings is 2. The summed E-state index contributed by atoms with van der Waals surface area (Å²) < 4.78 is 10.2. The molecule has 1 aromatic heterocycles. The number of rotatable bonds is 4. The van der Waals surface area contributed by atoms with E-state index in [4.69, 9.17) is 9.26 Å². The molecule has 0 spiro atoms. The number of anilines is 1. The van der Waals surface area contributed by atoms with E-state index in [0.717, 1.165) is 11.1 Å². The van der Waals surface area contributed by atoms with Gasteiger partial charge in [-0.05, 0) is 36.8 Å². The van der Waals surface area contributed by atoms with Crippen LogP contribution in [0.5, 0.6) is 0 Å². The molecule has 1 amide bonds. The summed E-state index contributed by atoms with van der Waals surface area (Å²) in [5, 5.41) is 6.41. The summed E-state index contributed by atoms with van der Waals surface area (Å²) in [4.78, 5) is 15.9. The number of hydrogen-bond acceptors (Lipinski definition) is 5. The lowest BCUT2D eigenvalue weighted by Gasteiger charge is -2.07. The number of carbonyl (C=O) groups is 1. The summed E-state index contributed by atoms with van der Waals surface area (Å²) in [6.07, 6.45) is -0.504. The maximum absolute atomic E-state index is 11.8. The van der Waals surface area contributed by atoms with Crippen molar-refractivity contribution in [1.82, 2.24) is 10.1 Å². The van der Waals surface area contributed by atoms with Crippen molar-refractivity contribution in [2.24, 2.45) is 0 Å². The lowest BCUT2D eigenvalue weighted by molar-refractivity contribution is 0.155. The minimum absolute atomic E-state index is 0.228. The Hall–Kier alpha value is -3.15. The minimum Gasteiger partial charge on any atom is -0.444 e. The number of nitrogens with zero attached hydrogens (tertiary/aromatic N) is 2. The Morgan fingerprint density at radius 2 is 1.87 bits per heavy atom. The average molecular weight is 309 g/mol. The monoisotopic (exact) mass is 309 g/mol. The molecule has 0 atom stereocenters. The molecule has 116 valence electrons. The van der Waals surface area contributed by atoms with Gasteiger partial charge >= 0.3 is 6.09 Å². The molecule has 0 bridgehead atoms. The van der Waals surface area contributed by atoms with E-state index >= 15 is 0 Å². The van der Waals surface area contributed by atoms with Crippen molar-refractivity contribution in [3.05, 3.63) is 66.0 Å². The molecule has 3 rings (SSSR count). The fourth-order valence-electron chi connectivity index (χ4n) is 1.99. The molecule has 0 aliphatic carbocycles. The average Bonchev–Trinajstić information content (AvgIpc) is 3.01. The van der Waals surface area contributed by atoms with Gasteiger partial charge in [0.05, 0.1) is 0 Å². The second-order valence-electron chi connectivity index (χ2n) is 4.91. The number of aryl methyl sites for hydroxylation is 1. The molecule has 0 fully saturated rings. The van der Waals surface area contributed by atoms with Crippen LogP contribution in [0.15, 0.2) is 59.1 Å². The number of hydrogen-bond donors (Lipinski definition) is 1. The standard InChI is InChI=1S/C17H15N3O3/c1-12-18-16(23-20-12)14-7-9-15(10-8-14)19-17(21)22-11-13-5-3-2-4-6-13/h2-10H,11H2,1H3,(H,19,21). The largest absolute Gasteiger partial charge is 0.444 e. The van der Waals surface area contributed by atoms with Crippen molar-refractivity contribution < 1.29 is 14.1 Å². The van der Waals surface area contributed by atoms with Gasteiger partial charge in [-0.15, -0.1) is 0 Å². The lowest BCUT2D eigenvalue weighted by atomic mass is 10.2. The molecule has 6 heteroatoms. The second kappa shape index (κ2) is 6.74. The van der Waals surface area contributed by atoms with E-state index in [0.29, 0.717) is 17.4 Å². The SMILES string of the molecule is Cc1noc(-c2ccc(NC(=O)OCc3ccccc3)cc2)n1. The van der Waals surface area contributed by atoms with E-state index in [1.807, 2.05) is 30.3 Å². The number of aromatic nitrogens is 2. The molecular formula is C17H15N3O3. The fraction of sp³-hybridized carbons (Fsp3) is 0.118. The van der Waals surface area contributed by atoms with Crippen LogP contribution in [-0.2, 0) is 11.3 Å². The van der Waals surface area contributed by atoms with Gasteiger partial charge in [-0.2, -0.15) is 4.98 Å². The van der Waals surface area contributed by atoms with Gasteiger partial charge in [0.2, 0.25) is 0 Å². The Balaban J connectivity index is 1.56. The van der Waals surface area contributed by atoms with Crippen LogP contribution >= 0.6 is 0 Å². The summed E-state index contributed by atoms with van der Waals surface area (Å²) in [5.74, 6) is 1.02. The molecule has 0 radical (unpaired) electrons. The fourth-order valence-corrected chi connectivity index (χ4v) is 1.99. The topological polar surface area (TPSA) is 77.2 Å². The highest BCUT2D eigenvalue weighted by Crippen LogP contribution is 2.19. The quantitative estimate of drug-likeness (QED) is 0.793. The first-order chi connectivity index (χ1) is 11.2. The van der Waals surface area contributed by atoms with Gasteiger partial charge in [0.15, 0.2) is 5.82 Å². The van der Waals surface area contributed by atoms with E-state index in [9.17, 15) is 4.79 Å². The zero-order valence-electron chi connectivity index (χ0n) is 12.5. The maximum atomic E-state index is 11.8. The van der Waals surface area contributed by atoms with Crippen molar-refractivity contribution in [1.29, 1.82) is 0 Å². The van der Waals surface area contributed by atoms with Gasteiger partial charge in [-0.3, -0.25) is 5.32 Å². The molecule has 0 aliphatic rings. The van der Waals surface area contributed by atoms with E-state index in [2.05, 4.69) is 15.5 Å². The zero-order valence-corrected chi connectivity index (χ0v) is 12.5. The number of carbonyl (C=O) groups excluding carboxylic acids is 1. The van der Waals surface area contributed by atoms with Crippen LogP contribution in [0.1, 0.15) is 11.4 Å². The summed E-state index contributed by atoms with van der Waals surface area (Å²) in [6.45, 7) is 1.98. The predicted molar refractivity (Wildman–Crippen MR) is 84.7 cm³/mol. The predicted octanol–water partition coefficient (Wildman–Crippen LogP) is 3.79. The van der Waals surface area contributed by atoms with Gasteiger partial charge in [-0.25, -0.2) is 4.79 Å². The van der Waals surface area contributed by atoms with Crippen LogP contribution in [0.25, 0.3) is 11.5 Å². The van der Waals surface area contributed by atoms with E-state index < -0.39 is 6.09 Å². The molecule has 6 nitrogen and oxygen atoms in total. The van der Waals surface area contributed by atoms with Crippen molar-refractivity contribution >= 4 is 11.8 Å². The maximum Gasteiger partial charge on any atom is 0.411 e. The Morgan fingerprint density at radius 1 is 1.13 bits per heavy atom. The van der Waals surface area contributed by atoms with Crippen LogP contribution in [0.3, 0.4) is 0 Å². The smallest absolute Gasteiger partial charge is 0.411 e. The molecule has 1 heterocycles. The minimum atomic E-state index is -0.504. The van der Waals surface area contributed by atoms with Gasteiger partial charge in [0.25, 0.3) is 5.89 Å². The Kier molecular flexibility index (Phi) is 4.33. The summed E-state index contributed by atoms with van der Waals surface area (Å²) >= 11 is 0. The lowest BCUT2D eigenvalue weighted by Crippen LogP contribution is -2.13. The van der Waals surface area contributed by atoms with Gasteiger partial charge in [-0.1, -0.05) is 35.5 Å². The molecular weight excluding hydrogens is 294 g/mol. The third-order valence-electron chi connectivity index (χ3n) is 3.12. The Labute approximate surface area is 133 Å². The first-order valence-electron chi connectivity index (χ1n) is 7.09. The zero-order chi connectivity index (χ0) is 16.1. The summed E-state index contributed by atoms with van der Waals surface area (Å²) in [5.41, 5.74) is 2.35. The number of ether oxygens (including phenoxy) is 1. The first kappa shape index (κ1) is 14.8. The van der Waals surface area contributed by atoms with Crippen molar-refractivity contribution in [3.8, 4) is 11.5 Å². The summed E-state index contributed by atoms with van der Waals surface area (Å²) in [6, 6.07) is 16.6. The van der Waals surface area contributed by atoms with Crippen LogP contribution < -0.4 is 5.32 Å². The first-order valence-corrected chi connectivity index (χ1v) is 7.09. The molecule has 3 aromatic rings. The molecule has 2 aromatic carbocycles. The summed E-state index contributed by atoms with van der Waals surface area (Å²) in [7, 11) is 0.